The van der Waals surface area contributed by atoms with E-state index < -0.39 is 35.8 Å². The molecule has 0 saturated heterocycles. The number of hydrogen-bond acceptors (Lipinski definition) is 5. The molecule has 0 heterocycles. The molecule has 2 rings (SSSR count). The summed E-state index contributed by atoms with van der Waals surface area (Å²) < 4.78 is 5.05. The molecule has 38 heavy (non-hydrogen) atoms. The summed E-state index contributed by atoms with van der Waals surface area (Å²) in [6.45, 7) is 7.42. The van der Waals surface area contributed by atoms with Gasteiger partial charge < -0.3 is 20.5 Å². The van der Waals surface area contributed by atoms with Crippen molar-refractivity contribution >= 4 is 23.8 Å². The van der Waals surface area contributed by atoms with E-state index in [1.54, 1.807) is 13.8 Å². The molecule has 0 radical (unpaired) electrons. The smallest absolute Gasteiger partial charge is 0.328 e. The van der Waals surface area contributed by atoms with Crippen LogP contribution in [-0.2, 0) is 30.3 Å². The minimum absolute atomic E-state index is 0.0754. The predicted octanol–water partition coefficient (Wildman–Crippen LogP) is 4.37. The first kappa shape index (κ1) is 30.5. The number of carbonyl (C=O) groups excluding carboxylic acids is 3. The molecule has 2 amide bonds. The van der Waals surface area contributed by atoms with E-state index in [-0.39, 0.29) is 37.7 Å². The third-order valence-electron chi connectivity index (χ3n) is 6.16. The molecular weight excluding hydrogens is 484 g/mol. The number of carboxylic acids is 1. The molecule has 0 aliphatic rings. The van der Waals surface area contributed by atoms with Crippen LogP contribution in [0, 0.1) is 11.8 Å². The Balaban J connectivity index is 1.98. The fourth-order valence-corrected chi connectivity index (χ4v) is 4.19. The highest BCUT2D eigenvalue weighted by molar-refractivity contribution is 5.87. The molecule has 0 unspecified atom stereocenters. The van der Waals surface area contributed by atoms with E-state index in [9.17, 15) is 24.3 Å². The van der Waals surface area contributed by atoms with Gasteiger partial charge in [0.1, 0.15) is 6.04 Å². The van der Waals surface area contributed by atoms with Crippen LogP contribution in [0.25, 0.3) is 11.1 Å². The fourth-order valence-electron chi connectivity index (χ4n) is 4.19. The number of ether oxygens (including phenoxy) is 1. The number of hydrogen-bond donors (Lipinski definition) is 3. The lowest BCUT2D eigenvalue weighted by Gasteiger charge is -2.22. The molecule has 2 aromatic carbocycles. The maximum atomic E-state index is 12.7. The van der Waals surface area contributed by atoms with Crippen LogP contribution in [0.15, 0.2) is 54.6 Å². The standard InChI is InChI=1S/C30H40N2O6/c1-5-38-30(37)26(17-20(2)3)32-28(34)16-15-27(33)31-25(18-21(4)29(35)36)19-22-11-13-24(14-12-22)23-9-7-6-8-10-23/h6-14,20-21,25-26H,5,15-19H2,1-4H3,(H,31,33)(H,32,34)(H,35,36)/t21-,25+,26+/m1/s1. The van der Waals surface area contributed by atoms with Gasteiger partial charge in [0.25, 0.3) is 0 Å². The molecule has 0 aliphatic heterocycles. The maximum absolute atomic E-state index is 12.7. The molecule has 206 valence electrons. The average Bonchev–Trinajstić information content (AvgIpc) is 2.87. The van der Waals surface area contributed by atoms with Crippen molar-refractivity contribution in [2.75, 3.05) is 6.61 Å². The second-order valence-corrected chi connectivity index (χ2v) is 10.0. The molecule has 8 heteroatoms. The van der Waals surface area contributed by atoms with Gasteiger partial charge in [-0.15, -0.1) is 0 Å². The van der Waals surface area contributed by atoms with Gasteiger partial charge in [-0.05, 0) is 48.8 Å². The normalized spacial score (nSPS) is 13.3. The van der Waals surface area contributed by atoms with Crippen molar-refractivity contribution in [1.29, 1.82) is 0 Å². The zero-order valence-electron chi connectivity index (χ0n) is 22.7. The molecule has 8 nitrogen and oxygen atoms in total. The minimum Gasteiger partial charge on any atom is -0.481 e. The number of esters is 1. The van der Waals surface area contributed by atoms with Crippen molar-refractivity contribution in [3.63, 3.8) is 0 Å². The summed E-state index contributed by atoms with van der Waals surface area (Å²) in [5.74, 6) is -2.65. The molecule has 0 bridgehead atoms. The van der Waals surface area contributed by atoms with Crippen molar-refractivity contribution in [3.8, 4) is 11.1 Å². The quantitative estimate of drug-likeness (QED) is 0.298. The number of benzene rings is 2. The van der Waals surface area contributed by atoms with E-state index in [0.29, 0.717) is 12.8 Å². The summed E-state index contributed by atoms with van der Waals surface area (Å²) in [6.07, 6.45) is 0.993. The van der Waals surface area contributed by atoms with Gasteiger partial charge in [0, 0.05) is 18.9 Å². The second kappa shape index (κ2) is 15.5. The van der Waals surface area contributed by atoms with Crippen LogP contribution in [0.2, 0.25) is 0 Å². The number of carboxylic acid groups (broad SMARTS) is 1. The van der Waals surface area contributed by atoms with Gasteiger partial charge in [0.05, 0.1) is 12.5 Å². The predicted molar refractivity (Wildman–Crippen MR) is 146 cm³/mol. The SMILES string of the molecule is CCOC(=O)[C@H](CC(C)C)NC(=O)CCC(=O)N[C@H](Cc1ccc(-c2ccccc2)cc1)C[C@@H](C)C(=O)O. The van der Waals surface area contributed by atoms with Crippen molar-refractivity contribution in [2.45, 2.75) is 71.9 Å². The van der Waals surface area contributed by atoms with E-state index in [2.05, 4.69) is 10.6 Å². The molecule has 0 aliphatic carbocycles. The zero-order valence-corrected chi connectivity index (χ0v) is 22.7. The van der Waals surface area contributed by atoms with Crippen molar-refractivity contribution < 1.29 is 29.0 Å². The highest BCUT2D eigenvalue weighted by Gasteiger charge is 2.24. The first-order valence-electron chi connectivity index (χ1n) is 13.2. The molecule has 0 spiro atoms. The van der Waals surface area contributed by atoms with E-state index in [1.807, 2.05) is 68.4 Å². The lowest BCUT2D eigenvalue weighted by atomic mass is 9.94. The van der Waals surface area contributed by atoms with Gasteiger partial charge in [-0.3, -0.25) is 14.4 Å². The van der Waals surface area contributed by atoms with Crippen LogP contribution < -0.4 is 10.6 Å². The number of amides is 2. The van der Waals surface area contributed by atoms with Crippen LogP contribution in [0.4, 0.5) is 0 Å². The fraction of sp³-hybridized carbons (Fsp3) is 0.467. The van der Waals surface area contributed by atoms with Crippen LogP contribution >= 0.6 is 0 Å². The Hall–Kier alpha value is -3.68. The van der Waals surface area contributed by atoms with Crippen molar-refractivity contribution in [2.24, 2.45) is 11.8 Å². The van der Waals surface area contributed by atoms with E-state index in [4.69, 9.17) is 4.74 Å². The van der Waals surface area contributed by atoms with Crippen LogP contribution in [-0.4, -0.2) is 47.6 Å². The molecule has 0 saturated carbocycles. The van der Waals surface area contributed by atoms with Gasteiger partial charge in [0.15, 0.2) is 0 Å². The van der Waals surface area contributed by atoms with Crippen LogP contribution in [0.3, 0.4) is 0 Å². The topological polar surface area (TPSA) is 122 Å². The van der Waals surface area contributed by atoms with Crippen LogP contribution in [0.1, 0.15) is 58.9 Å². The van der Waals surface area contributed by atoms with E-state index in [0.717, 1.165) is 16.7 Å². The van der Waals surface area contributed by atoms with Crippen molar-refractivity contribution in [1.82, 2.24) is 10.6 Å². The summed E-state index contributed by atoms with van der Waals surface area (Å²) in [6, 6.07) is 16.8. The molecule has 0 aromatic heterocycles. The Kier molecular flexibility index (Phi) is 12.5. The summed E-state index contributed by atoms with van der Waals surface area (Å²) in [4.78, 5) is 48.8. The number of aliphatic carboxylic acids is 1. The van der Waals surface area contributed by atoms with Gasteiger partial charge in [-0.1, -0.05) is 75.4 Å². The first-order valence-corrected chi connectivity index (χ1v) is 13.2. The van der Waals surface area contributed by atoms with Crippen LogP contribution in [0.5, 0.6) is 0 Å². The minimum atomic E-state index is -0.932. The largest absolute Gasteiger partial charge is 0.481 e. The summed E-state index contributed by atoms with van der Waals surface area (Å²) in [5.41, 5.74) is 3.13. The van der Waals surface area contributed by atoms with Gasteiger partial charge in [-0.25, -0.2) is 4.79 Å². The second-order valence-electron chi connectivity index (χ2n) is 10.0. The summed E-state index contributed by atoms with van der Waals surface area (Å²) >= 11 is 0. The Bertz CT molecular complexity index is 1050. The third kappa shape index (κ3) is 10.7. The average molecular weight is 525 g/mol. The molecular formula is C30H40N2O6. The summed E-state index contributed by atoms with van der Waals surface area (Å²) in [5, 5.41) is 15.0. The number of carbonyl (C=O) groups is 4. The van der Waals surface area contributed by atoms with Gasteiger partial charge in [0.2, 0.25) is 11.8 Å². The highest BCUT2D eigenvalue weighted by atomic mass is 16.5. The number of rotatable bonds is 15. The molecule has 2 aromatic rings. The molecule has 3 N–H and O–H groups in total. The first-order chi connectivity index (χ1) is 18.1. The Labute approximate surface area is 225 Å². The zero-order chi connectivity index (χ0) is 28.1. The van der Waals surface area contributed by atoms with E-state index in [1.165, 1.54) is 0 Å². The maximum Gasteiger partial charge on any atom is 0.328 e. The van der Waals surface area contributed by atoms with Crippen molar-refractivity contribution in [3.05, 3.63) is 60.2 Å². The van der Waals surface area contributed by atoms with Gasteiger partial charge >= 0.3 is 11.9 Å². The van der Waals surface area contributed by atoms with E-state index >= 15 is 0 Å². The molecule has 3 atom stereocenters. The lowest BCUT2D eigenvalue weighted by Crippen LogP contribution is -2.43. The number of nitrogens with one attached hydrogen (secondary N) is 2. The lowest BCUT2D eigenvalue weighted by molar-refractivity contribution is -0.148. The Morgan fingerprint density at radius 2 is 1.39 bits per heavy atom. The Morgan fingerprint density at radius 3 is 1.95 bits per heavy atom. The Morgan fingerprint density at radius 1 is 0.816 bits per heavy atom. The third-order valence-corrected chi connectivity index (χ3v) is 6.16. The highest BCUT2D eigenvalue weighted by Crippen LogP contribution is 2.21. The monoisotopic (exact) mass is 524 g/mol. The summed E-state index contributed by atoms with van der Waals surface area (Å²) in [7, 11) is 0. The van der Waals surface area contributed by atoms with Gasteiger partial charge in [-0.2, -0.15) is 0 Å². The molecule has 0 fully saturated rings.